The van der Waals surface area contributed by atoms with Crippen molar-refractivity contribution in [3.8, 4) is 0 Å². The summed E-state index contributed by atoms with van der Waals surface area (Å²) in [4.78, 5) is 40.9. The summed E-state index contributed by atoms with van der Waals surface area (Å²) in [6.45, 7) is 12.0. The van der Waals surface area contributed by atoms with Crippen molar-refractivity contribution in [2.45, 2.75) is 72.6 Å². The predicted octanol–water partition coefficient (Wildman–Crippen LogP) is 1.91. The van der Waals surface area contributed by atoms with Crippen LogP contribution < -0.4 is 0 Å². The molecule has 0 N–H and O–H groups in total. The first kappa shape index (κ1) is 24.7. The van der Waals surface area contributed by atoms with E-state index >= 15 is 0 Å². The molecule has 9 heteroatoms. The third-order valence-electron chi connectivity index (χ3n) is 1.94. The van der Waals surface area contributed by atoms with Crippen LogP contribution in [0.2, 0.25) is 0 Å². The van der Waals surface area contributed by atoms with Gasteiger partial charge in [0.25, 0.3) is 0 Å². The van der Waals surface area contributed by atoms with Gasteiger partial charge in [0, 0.05) is 21.7 Å². The normalized spacial score (nSPS) is 13.7. The van der Waals surface area contributed by atoms with Crippen LogP contribution in [-0.4, -0.2) is 42.6 Å². The van der Waals surface area contributed by atoms with E-state index < -0.39 is 17.7 Å². The van der Waals surface area contributed by atoms with Crippen molar-refractivity contribution in [1.29, 1.82) is 0 Å². The second-order valence-electron chi connectivity index (χ2n) is 5.63. The van der Waals surface area contributed by atoms with Crippen LogP contribution in [0.15, 0.2) is 0 Å². The Bertz CT molecular complexity index is 359. The van der Waals surface area contributed by atoms with E-state index in [0.717, 1.165) is 0 Å². The molecule has 0 aliphatic carbocycles. The molecule has 0 spiro atoms. The van der Waals surface area contributed by atoms with Gasteiger partial charge in [0.2, 0.25) is 5.79 Å². The Morgan fingerprint density at radius 3 is 1.83 bits per heavy atom. The Kier molecular flexibility index (Phi) is 12.8. The minimum atomic E-state index is -1.36. The molecule has 0 saturated heterocycles. The van der Waals surface area contributed by atoms with E-state index in [9.17, 15) is 9.59 Å². The van der Waals surface area contributed by atoms with Crippen LogP contribution in [0.3, 0.4) is 0 Å². The van der Waals surface area contributed by atoms with E-state index in [1.807, 2.05) is 13.8 Å². The van der Waals surface area contributed by atoms with Gasteiger partial charge in [-0.15, -0.1) is 4.89 Å². The summed E-state index contributed by atoms with van der Waals surface area (Å²) < 4.78 is 10.9. The van der Waals surface area contributed by atoms with Crippen LogP contribution in [0.1, 0.15) is 48.5 Å². The number of ether oxygens (including phenoxy) is 2. The summed E-state index contributed by atoms with van der Waals surface area (Å²) in [6, 6.07) is 0. The summed E-state index contributed by atoms with van der Waals surface area (Å²) in [5.41, 5.74) is 0. The molecule has 0 fully saturated rings. The number of rotatable bonds is 9. The zero-order valence-electron chi connectivity index (χ0n) is 14.7. The molecular weight excluding hydrogens is 344 g/mol. The zero-order chi connectivity index (χ0) is 17.3. The standard InChI is InChI=1S/C14H26O8.Ti/c1-9(2)17-8-14(7,18-10(3)4)22-21-13(16)12(15)20-19-11(5)6;/h9-11H,8H2,1-7H3;. The van der Waals surface area contributed by atoms with Gasteiger partial charge >= 0.3 is 11.9 Å². The molecule has 0 saturated carbocycles. The molecular formula is C14H26O8Ti. The fourth-order valence-corrected chi connectivity index (χ4v) is 1.23. The van der Waals surface area contributed by atoms with Gasteiger partial charge < -0.3 is 9.47 Å². The van der Waals surface area contributed by atoms with E-state index in [4.69, 9.17) is 14.4 Å². The maximum Gasteiger partial charge on any atom is 0.453 e. The van der Waals surface area contributed by atoms with Crippen molar-refractivity contribution >= 4 is 11.9 Å². The van der Waals surface area contributed by atoms with Crippen LogP contribution >= 0.6 is 0 Å². The summed E-state index contributed by atoms with van der Waals surface area (Å²) in [6.07, 6.45) is -0.666. The Morgan fingerprint density at radius 1 is 0.870 bits per heavy atom. The Morgan fingerprint density at radius 2 is 1.39 bits per heavy atom. The molecule has 0 radical (unpaired) electrons. The fourth-order valence-electron chi connectivity index (χ4n) is 1.23. The van der Waals surface area contributed by atoms with Crippen molar-refractivity contribution in [2.24, 2.45) is 0 Å². The van der Waals surface area contributed by atoms with Crippen LogP contribution in [-0.2, 0) is 60.3 Å². The molecule has 0 aromatic heterocycles. The largest absolute Gasteiger partial charge is 0.453 e. The molecule has 0 rings (SSSR count). The molecule has 0 aliphatic rings. The van der Waals surface area contributed by atoms with Gasteiger partial charge in [0.15, 0.2) is 0 Å². The molecule has 0 heterocycles. The van der Waals surface area contributed by atoms with Crippen LogP contribution in [0.4, 0.5) is 0 Å². The van der Waals surface area contributed by atoms with Crippen molar-refractivity contribution in [3.05, 3.63) is 0 Å². The van der Waals surface area contributed by atoms with Gasteiger partial charge in [-0.1, -0.05) is 0 Å². The van der Waals surface area contributed by atoms with Gasteiger partial charge in [-0.25, -0.2) is 9.59 Å². The van der Waals surface area contributed by atoms with Gasteiger partial charge in [-0.3, -0.25) is 9.78 Å². The minimum absolute atomic E-state index is 0. The second-order valence-corrected chi connectivity index (χ2v) is 5.63. The van der Waals surface area contributed by atoms with Crippen molar-refractivity contribution in [1.82, 2.24) is 0 Å². The Labute approximate surface area is 151 Å². The average molecular weight is 370 g/mol. The first-order chi connectivity index (χ1) is 10.1. The Hall–Kier alpha value is -0.506. The minimum Gasteiger partial charge on any atom is -0.373 e. The predicted molar refractivity (Wildman–Crippen MR) is 75.2 cm³/mol. The maximum absolute atomic E-state index is 11.4. The molecule has 1 atom stereocenters. The summed E-state index contributed by atoms with van der Waals surface area (Å²) >= 11 is 0. The quantitative estimate of drug-likeness (QED) is 0.200. The first-order valence-corrected chi connectivity index (χ1v) is 7.12. The molecule has 0 aliphatic heterocycles. The van der Waals surface area contributed by atoms with E-state index in [0.29, 0.717) is 0 Å². The summed E-state index contributed by atoms with van der Waals surface area (Å²) in [5.74, 6) is -4.04. The van der Waals surface area contributed by atoms with Gasteiger partial charge in [-0.2, -0.15) is 4.89 Å². The van der Waals surface area contributed by atoms with E-state index in [2.05, 4.69) is 14.7 Å². The van der Waals surface area contributed by atoms with Gasteiger partial charge in [0.1, 0.15) is 6.61 Å². The third-order valence-corrected chi connectivity index (χ3v) is 1.94. The van der Waals surface area contributed by atoms with Gasteiger partial charge in [-0.05, 0) is 48.5 Å². The second kappa shape index (κ2) is 11.9. The molecule has 134 valence electrons. The molecule has 0 aromatic rings. The maximum atomic E-state index is 11.4. The topological polar surface area (TPSA) is 89.5 Å². The third kappa shape index (κ3) is 12.6. The molecule has 23 heavy (non-hydrogen) atoms. The monoisotopic (exact) mass is 370 g/mol. The summed E-state index contributed by atoms with van der Waals surface area (Å²) in [7, 11) is 0. The average Bonchev–Trinajstić information content (AvgIpc) is 2.39. The van der Waals surface area contributed by atoms with Crippen LogP contribution in [0.5, 0.6) is 0 Å². The SMILES string of the molecule is CC(C)OCC(C)(OOC(=O)C(=O)OOC(C)C)OC(C)C.[Ti]. The molecule has 8 nitrogen and oxygen atoms in total. The fraction of sp³-hybridized carbons (Fsp3) is 0.857. The van der Waals surface area contributed by atoms with Crippen molar-refractivity contribution in [2.75, 3.05) is 6.61 Å². The van der Waals surface area contributed by atoms with E-state index in [1.165, 1.54) is 6.92 Å². The van der Waals surface area contributed by atoms with Crippen LogP contribution in [0.25, 0.3) is 0 Å². The van der Waals surface area contributed by atoms with Gasteiger partial charge in [0.05, 0.1) is 18.3 Å². The smallest absolute Gasteiger partial charge is 0.373 e. The number of hydrogen-bond donors (Lipinski definition) is 0. The number of carbonyl (C=O) groups excluding carboxylic acids is 2. The first-order valence-electron chi connectivity index (χ1n) is 7.12. The number of hydrogen-bond acceptors (Lipinski definition) is 8. The van der Waals surface area contributed by atoms with Crippen molar-refractivity contribution < 1.29 is 60.3 Å². The molecule has 0 bridgehead atoms. The molecule has 0 amide bonds. The van der Waals surface area contributed by atoms with E-state index in [-0.39, 0.29) is 46.6 Å². The van der Waals surface area contributed by atoms with Crippen molar-refractivity contribution in [3.63, 3.8) is 0 Å². The van der Waals surface area contributed by atoms with Crippen LogP contribution in [0, 0.1) is 0 Å². The molecule has 1 unspecified atom stereocenters. The van der Waals surface area contributed by atoms with E-state index in [1.54, 1.807) is 27.7 Å². The summed E-state index contributed by atoms with van der Waals surface area (Å²) in [5, 5.41) is 0. The number of carbonyl (C=O) groups is 2. The zero-order valence-corrected chi connectivity index (χ0v) is 16.3. The Balaban J connectivity index is 0. The molecule has 0 aromatic carbocycles.